The lowest BCUT2D eigenvalue weighted by Crippen LogP contribution is -2.31. The molecule has 0 spiro atoms. The number of carbonyl (C=O) groups is 1. The molecule has 0 amide bonds. The van der Waals surface area contributed by atoms with E-state index in [0.29, 0.717) is 6.42 Å². The van der Waals surface area contributed by atoms with E-state index < -0.39 is 0 Å². The first-order chi connectivity index (χ1) is 20.3. The first-order valence-corrected chi connectivity index (χ1v) is 16.8. The van der Waals surface area contributed by atoms with Crippen molar-refractivity contribution in [1.29, 1.82) is 0 Å². The summed E-state index contributed by atoms with van der Waals surface area (Å²) in [4.78, 5) is 10.8. The van der Waals surface area contributed by atoms with E-state index >= 15 is 0 Å². The van der Waals surface area contributed by atoms with Gasteiger partial charge in [0.05, 0.1) is 18.3 Å². The second-order valence-electron chi connectivity index (χ2n) is 12.2. The lowest BCUT2D eigenvalue weighted by Gasteiger charge is -2.30. The van der Waals surface area contributed by atoms with Gasteiger partial charge in [-0.3, -0.25) is 0 Å². The molecular formula is C34H56O7. The van der Waals surface area contributed by atoms with Gasteiger partial charge in [0.1, 0.15) is 6.29 Å². The van der Waals surface area contributed by atoms with E-state index in [1.54, 1.807) is 0 Å². The lowest BCUT2D eigenvalue weighted by atomic mass is 9.89. The Bertz CT molecular complexity index is 752. The molecule has 0 bridgehead atoms. The Morgan fingerprint density at radius 2 is 1.44 bits per heavy atom. The van der Waals surface area contributed by atoms with E-state index in [4.69, 9.17) is 28.4 Å². The number of aldehydes is 1. The van der Waals surface area contributed by atoms with Crippen LogP contribution < -0.4 is 0 Å². The predicted octanol–water partition coefficient (Wildman–Crippen LogP) is 7.42. The van der Waals surface area contributed by atoms with Gasteiger partial charge in [0, 0.05) is 38.6 Å². The van der Waals surface area contributed by atoms with Crippen LogP contribution in [0.3, 0.4) is 0 Å². The topological polar surface area (TPSA) is 72.5 Å². The van der Waals surface area contributed by atoms with Gasteiger partial charge in [-0.05, 0) is 83.0 Å². The minimum atomic E-state index is -0.148. The quantitative estimate of drug-likeness (QED) is 0.101. The maximum absolute atomic E-state index is 10.8. The third-order valence-electron chi connectivity index (χ3n) is 8.93. The number of carbonyl (C=O) groups excluding carboxylic acids is 1. The van der Waals surface area contributed by atoms with Gasteiger partial charge in [0.15, 0.2) is 18.9 Å². The van der Waals surface area contributed by atoms with Crippen LogP contribution in [-0.4, -0.2) is 63.3 Å². The lowest BCUT2D eigenvalue weighted by molar-refractivity contribution is -0.203. The molecule has 3 heterocycles. The first-order valence-electron chi connectivity index (χ1n) is 16.8. The van der Waals surface area contributed by atoms with Gasteiger partial charge < -0.3 is 33.2 Å². The highest BCUT2D eigenvalue weighted by molar-refractivity contribution is 5.49. The van der Waals surface area contributed by atoms with Crippen LogP contribution in [0.2, 0.25) is 0 Å². The zero-order chi connectivity index (χ0) is 28.5. The second-order valence-corrected chi connectivity index (χ2v) is 12.2. The van der Waals surface area contributed by atoms with Crippen molar-refractivity contribution in [2.75, 3.05) is 19.8 Å². The van der Waals surface area contributed by atoms with Crippen LogP contribution in [0.25, 0.3) is 0 Å². The minimum Gasteiger partial charge on any atom is -0.353 e. The van der Waals surface area contributed by atoms with Crippen molar-refractivity contribution in [2.24, 2.45) is 11.8 Å². The van der Waals surface area contributed by atoms with Crippen LogP contribution in [0.1, 0.15) is 116 Å². The molecule has 4 fully saturated rings. The normalized spacial score (nSPS) is 33.9. The summed E-state index contributed by atoms with van der Waals surface area (Å²) < 4.78 is 37.9. The maximum atomic E-state index is 10.8. The summed E-state index contributed by atoms with van der Waals surface area (Å²) in [5, 5.41) is 0. The molecule has 0 N–H and O–H groups in total. The molecule has 4 aliphatic rings. The van der Waals surface area contributed by atoms with Gasteiger partial charge in [-0.15, -0.1) is 0 Å². The number of allylic oxidation sites excluding steroid dienone is 2. The molecule has 0 aromatic heterocycles. The highest BCUT2D eigenvalue weighted by Crippen LogP contribution is 2.42. The fraction of sp³-hybridized carbons (Fsp3) is 0.853. The standard InChI is InChI=1S/C34H56O7/c1-2-3-6-15-27(39-32-17-8-12-23-36-32)20-21-29-28(16-7-4-5-11-22-35)30(40-33-18-9-13-24-37-33)26-31(29)41-34-19-10-14-25-38-34/h4,7,20-22,27-34H,2-3,5-6,8-19,23-26H2,1H3/t27-,28+,29+,30-,31+,32?,33?,34?/m0/s1. The number of hydrogen-bond donors (Lipinski definition) is 0. The molecular weight excluding hydrogens is 520 g/mol. The monoisotopic (exact) mass is 576 g/mol. The number of unbranched alkanes of at least 4 members (excludes halogenated alkanes) is 3. The van der Waals surface area contributed by atoms with Gasteiger partial charge in [-0.2, -0.15) is 0 Å². The Morgan fingerprint density at radius 3 is 2.05 bits per heavy atom. The number of hydrogen-bond acceptors (Lipinski definition) is 7. The van der Waals surface area contributed by atoms with E-state index in [1.165, 1.54) is 12.8 Å². The molecule has 0 aromatic rings. The van der Waals surface area contributed by atoms with Crippen molar-refractivity contribution in [3.05, 3.63) is 24.3 Å². The van der Waals surface area contributed by atoms with E-state index in [-0.39, 0.29) is 49.0 Å². The van der Waals surface area contributed by atoms with Gasteiger partial charge in [-0.25, -0.2) is 0 Å². The van der Waals surface area contributed by atoms with Gasteiger partial charge >= 0.3 is 0 Å². The first kappa shape index (κ1) is 32.8. The van der Waals surface area contributed by atoms with E-state index in [2.05, 4.69) is 31.2 Å². The van der Waals surface area contributed by atoms with Crippen molar-refractivity contribution < 1.29 is 33.2 Å². The van der Waals surface area contributed by atoms with Crippen molar-refractivity contribution >= 4 is 6.29 Å². The summed E-state index contributed by atoms with van der Waals surface area (Å²) in [5.41, 5.74) is 0. The zero-order valence-electron chi connectivity index (χ0n) is 25.5. The van der Waals surface area contributed by atoms with Crippen molar-refractivity contribution in [3.63, 3.8) is 0 Å². The van der Waals surface area contributed by atoms with Crippen molar-refractivity contribution in [1.82, 2.24) is 0 Å². The van der Waals surface area contributed by atoms with Crippen LogP contribution >= 0.6 is 0 Å². The molecule has 3 aliphatic heterocycles. The number of ether oxygens (including phenoxy) is 6. The molecule has 3 unspecified atom stereocenters. The Labute approximate surface area is 248 Å². The van der Waals surface area contributed by atoms with Gasteiger partial charge in [-0.1, -0.05) is 50.5 Å². The summed E-state index contributed by atoms with van der Waals surface area (Å²) in [6.07, 6.45) is 26.9. The fourth-order valence-corrected chi connectivity index (χ4v) is 6.60. The van der Waals surface area contributed by atoms with E-state index in [9.17, 15) is 4.79 Å². The fourth-order valence-electron chi connectivity index (χ4n) is 6.60. The second kappa shape index (κ2) is 19.2. The highest BCUT2D eigenvalue weighted by Gasteiger charge is 2.45. The average Bonchev–Trinajstić information content (AvgIpc) is 3.32. The van der Waals surface area contributed by atoms with Crippen LogP contribution in [0.15, 0.2) is 24.3 Å². The Kier molecular flexibility index (Phi) is 15.4. The third kappa shape index (κ3) is 11.5. The molecule has 1 aliphatic carbocycles. The zero-order valence-corrected chi connectivity index (χ0v) is 25.5. The smallest absolute Gasteiger partial charge is 0.158 e. The summed E-state index contributed by atoms with van der Waals surface area (Å²) in [5.74, 6) is 0.425. The van der Waals surface area contributed by atoms with Crippen LogP contribution in [0.4, 0.5) is 0 Å². The van der Waals surface area contributed by atoms with Gasteiger partial charge in [0.2, 0.25) is 0 Å². The van der Waals surface area contributed by atoms with E-state index in [0.717, 1.165) is 116 Å². The van der Waals surface area contributed by atoms with Crippen LogP contribution in [0, 0.1) is 11.8 Å². The van der Waals surface area contributed by atoms with E-state index in [1.807, 2.05) is 0 Å². The molecule has 4 rings (SSSR count). The number of rotatable bonds is 17. The molecule has 1 saturated carbocycles. The third-order valence-corrected chi connectivity index (χ3v) is 8.93. The summed E-state index contributed by atoms with van der Waals surface area (Å²) in [6, 6.07) is 0. The Balaban J connectivity index is 1.52. The average molecular weight is 577 g/mol. The van der Waals surface area contributed by atoms with Crippen LogP contribution in [0.5, 0.6) is 0 Å². The molecule has 234 valence electrons. The Morgan fingerprint density at radius 1 is 0.780 bits per heavy atom. The summed E-state index contributed by atoms with van der Waals surface area (Å²) >= 11 is 0. The molecule has 41 heavy (non-hydrogen) atoms. The molecule has 0 radical (unpaired) electrons. The molecule has 8 atom stereocenters. The maximum Gasteiger partial charge on any atom is 0.158 e. The SMILES string of the molecule is CCCCC[C@@H](C=C[C@@H]1[C@@H](CC=CCCC=O)[C@@H](OC2CCCCO2)C[C@H]1OC1CCCCO1)OC1CCCCO1. The molecule has 7 heteroatoms. The van der Waals surface area contributed by atoms with Gasteiger partial charge in [0.25, 0.3) is 0 Å². The van der Waals surface area contributed by atoms with Crippen LogP contribution in [-0.2, 0) is 33.2 Å². The minimum absolute atomic E-state index is 0.0125. The molecule has 7 nitrogen and oxygen atoms in total. The Hall–Kier alpha value is -1.09. The van der Waals surface area contributed by atoms with Crippen molar-refractivity contribution in [2.45, 2.75) is 153 Å². The summed E-state index contributed by atoms with van der Waals surface area (Å²) in [7, 11) is 0. The summed E-state index contributed by atoms with van der Waals surface area (Å²) in [6.45, 7) is 4.57. The molecule has 0 aromatic carbocycles. The van der Waals surface area contributed by atoms with Crippen molar-refractivity contribution in [3.8, 4) is 0 Å². The predicted molar refractivity (Wildman–Crippen MR) is 159 cm³/mol. The largest absolute Gasteiger partial charge is 0.353 e. The highest BCUT2D eigenvalue weighted by atomic mass is 16.7. The molecule has 3 saturated heterocycles.